The molecule has 0 radical (unpaired) electrons. The Morgan fingerprint density at radius 2 is 2.04 bits per heavy atom. The van der Waals surface area contributed by atoms with Crippen LogP contribution in [0.25, 0.3) is 11.4 Å². The third-order valence-electron chi connectivity index (χ3n) is 3.75. The highest BCUT2D eigenvalue weighted by molar-refractivity contribution is 7.92. The van der Waals surface area contributed by atoms with Gasteiger partial charge in [-0.2, -0.15) is 0 Å². The van der Waals surface area contributed by atoms with Gasteiger partial charge in [0.15, 0.2) is 5.82 Å². The number of benzene rings is 2. The summed E-state index contributed by atoms with van der Waals surface area (Å²) < 4.78 is 29.4. The van der Waals surface area contributed by atoms with Crippen molar-refractivity contribution in [2.75, 3.05) is 4.72 Å². The predicted molar refractivity (Wildman–Crippen MR) is 100 cm³/mol. The molecule has 0 amide bonds. The van der Waals surface area contributed by atoms with E-state index in [-0.39, 0.29) is 15.6 Å². The fraction of sp³-hybridized carbons (Fsp3) is 0.125. The average Bonchev–Trinajstić information content (AvgIpc) is 3.10. The first-order chi connectivity index (χ1) is 12.8. The Hall–Kier alpha value is -2.98. The minimum Gasteiger partial charge on any atom is -0.314 e. The van der Waals surface area contributed by atoms with Crippen molar-refractivity contribution in [2.24, 2.45) is 0 Å². The average molecular weight is 408 g/mol. The van der Waals surface area contributed by atoms with Crippen LogP contribution in [-0.2, 0) is 16.6 Å². The Balaban J connectivity index is 1.94. The molecule has 0 unspecified atom stereocenters. The minimum atomic E-state index is -4.04. The highest BCUT2D eigenvalue weighted by atomic mass is 35.5. The van der Waals surface area contributed by atoms with Crippen LogP contribution >= 0.6 is 11.6 Å². The maximum atomic E-state index is 12.6. The zero-order chi connectivity index (χ0) is 19.6. The molecule has 9 nitrogen and oxygen atoms in total. The molecular formula is C16H14ClN5O4S. The molecule has 0 atom stereocenters. The number of nitrogens with zero attached hydrogens (tertiary/aromatic N) is 4. The second kappa shape index (κ2) is 7.33. The zero-order valence-corrected chi connectivity index (χ0v) is 15.6. The van der Waals surface area contributed by atoms with Crippen LogP contribution in [0.3, 0.4) is 0 Å². The van der Waals surface area contributed by atoms with E-state index in [1.54, 1.807) is 30.6 Å². The molecule has 1 aromatic heterocycles. The van der Waals surface area contributed by atoms with Crippen molar-refractivity contribution in [1.29, 1.82) is 0 Å². The van der Waals surface area contributed by atoms with Crippen molar-refractivity contribution < 1.29 is 13.3 Å². The molecule has 140 valence electrons. The molecule has 3 rings (SSSR count). The van der Waals surface area contributed by atoms with Crippen LogP contribution in [0.2, 0.25) is 5.02 Å². The van der Waals surface area contributed by atoms with Crippen molar-refractivity contribution in [2.45, 2.75) is 18.4 Å². The van der Waals surface area contributed by atoms with E-state index in [4.69, 9.17) is 11.6 Å². The van der Waals surface area contributed by atoms with E-state index >= 15 is 0 Å². The molecule has 2 aromatic carbocycles. The molecule has 0 saturated carbocycles. The highest BCUT2D eigenvalue weighted by Gasteiger charge is 2.21. The summed E-state index contributed by atoms with van der Waals surface area (Å²) in [5, 5.41) is 18.7. The maximum absolute atomic E-state index is 12.6. The number of sulfonamides is 1. The topological polar surface area (TPSA) is 120 Å². The summed E-state index contributed by atoms with van der Waals surface area (Å²) in [7, 11) is -4.04. The second-order valence-corrected chi connectivity index (χ2v) is 7.59. The maximum Gasteiger partial charge on any atom is 0.289 e. The van der Waals surface area contributed by atoms with Crippen LogP contribution in [0.15, 0.2) is 53.7 Å². The van der Waals surface area contributed by atoms with Gasteiger partial charge in [-0.3, -0.25) is 14.8 Å². The van der Waals surface area contributed by atoms with Crippen LogP contribution < -0.4 is 4.72 Å². The summed E-state index contributed by atoms with van der Waals surface area (Å²) in [6.07, 6.45) is 1.58. The summed E-state index contributed by atoms with van der Waals surface area (Å²) in [4.78, 5) is 9.99. The number of halogens is 1. The van der Waals surface area contributed by atoms with Gasteiger partial charge < -0.3 is 4.57 Å². The lowest BCUT2D eigenvalue weighted by Crippen LogP contribution is -2.13. The lowest BCUT2D eigenvalue weighted by atomic mass is 10.2. The number of anilines is 1. The smallest absolute Gasteiger partial charge is 0.289 e. The van der Waals surface area contributed by atoms with E-state index in [9.17, 15) is 18.5 Å². The third-order valence-corrected chi connectivity index (χ3v) is 5.45. The Bertz CT molecular complexity index is 1110. The van der Waals surface area contributed by atoms with Crippen molar-refractivity contribution in [1.82, 2.24) is 14.8 Å². The van der Waals surface area contributed by atoms with Gasteiger partial charge in [-0.05, 0) is 31.2 Å². The normalized spacial score (nSPS) is 11.3. The number of aryl methyl sites for hydroxylation is 1. The van der Waals surface area contributed by atoms with Crippen LogP contribution in [0.1, 0.15) is 6.92 Å². The van der Waals surface area contributed by atoms with Gasteiger partial charge in [0.05, 0.1) is 9.82 Å². The van der Waals surface area contributed by atoms with E-state index in [2.05, 4.69) is 14.9 Å². The van der Waals surface area contributed by atoms with Gasteiger partial charge in [0.1, 0.15) is 11.3 Å². The van der Waals surface area contributed by atoms with E-state index in [0.29, 0.717) is 17.9 Å². The van der Waals surface area contributed by atoms with Gasteiger partial charge in [-0.25, -0.2) is 8.42 Å². The van der Waals surface area contributed by atoms with Gasteiger partial charge in [0.25, 0.3) is 15.7 Å². The Kier molecular flexibility index (Phi) is 5.10. The summed E-state index contributed by atoms with van der Waals surface area (Å²) in [5.41, 5.74) is 0.483. The molecule has 11 heteroatoms. The summed E-state index contributed by atoms with van der Waals surface area (Å²) >= 11 is 5.74. The molecule has 0 aliphatic rings. The van der Waals surface area contributed by atoms with Crippen LogP contribution in [0, 0.1) is 10.1 Å². The molecule has 3 aromatic rings. The minimum absolute atomic E-state index is 0.139. The lowest BCUT2D eigenvalue weighted by molar-refractivity contribution is -0.384. The summed E-state index contributed by atoms with van der Waals surface area (Å²) in [6, 6.07) is 9.93. The Morgan fingerprint density at radius 3 is 2.74 bits per heavy atom. The largest absolute Gasteiger partial charge is 0.314 e. The number of nitro groups is 1. The summed E-state index contributed by atoms with van der Waals surface area (Å²) in [5.74, 6) is 0.598. The fourth-order valence-corrected chi connectivity index (χ4v) is 3.70. The second-order valence-electron chi connectivity index (χ2n) is 5.50. The molecule has 0 spiro atoms. The van der Waals surface area contributed by atoms with Crippen molar-refractivity contribution in [3.05, 3.63) is 63.9 Å². The molecule has 0 aliphatic heterocycles. The monoisotopic (exact) mass is 407 g/mol. The van der Waals surface area contributed by atoms with Gasteiger partial charge in [0.2, 0.25) is 0 Å². The number of hydrogen-bond acceptors (Lipinski definition) is 6. The van der Waals surface area contributed by atoms with E-state index in [1.807, 2.05) is 11.5 Å². The molecule has 0 aliphatic carbocycles. The number of nitro benzene ring substituents is 1. The Morgan fingerprint density at radius 1 is 1.26 bits per heavy atom. The molecule has 1 N–H and O–H groups in total. The first-order valence-corrected chi connectivity index (χ1v) is 9.63. The number of nitrogens with one attached hydrogen (secondary N) is 1. The molecule has 0 saturated heterocycles. The van der Waals surface area contributed by atoms with E-state index in [1.165, 1.54) is 12.1 Å². The van der Waals surface area contributed by atoms with E-state index < -0.39 is 20.6 Å². The van der Waals surface area contributed by atoms with Crippen molar-refractivity contribution in [3.8, 4) is 11.4 Å². The number of rotatable bonds is 6. The molecular weight excluding hydrogens is 394 g/mol. The SMILES string of the molecule is CCn1cnnc1-c1cccc(NS(=O)(=O)c2ccc(Cl)c([N+](=O)[O-])c2)c1. The van der Waals surface area contributed by atoms with Gasteiger partial charge in [-0.15, -0.1) is 10.2 Å². The van der Waals surface area contributed by atoms with Gasteiger partial charge >= 0.3 is 0 Å². The lowest BCUT2D eigenvalue weighted by Gasteiger charge is -2.10. The van der Waals surface area contributed by atoms with Crippen molar-refractivity contribution in [3.63, 3.8) is 0 Å². The van der Waals surface area contributed by atoms with Crippen LogP contribution in [-0.4, -0.2) is 28.1 Å². The van der Waals surface area contributed by atoms with Crippen LogP contribution in [0.4, 0.5) is 11.4 Å². The summed E-state index contributed by atoms with van der Waals surface area (Å²) in [6.45, 7) is 2.60. The number of aromatic nitrogens is 3. The highest BCUT2D eigenvalue weighted by Crippen LogP contribution is 2.28. The van der Waals surface area contributed by atoms with Gasteiger partial charge in [-0.1, -0.05) is 23.7 Å². The van der Waals surface area contributed by atoms with E-state index in [0.717, 1.165) is 6.07 Å². The zero-order valence-electron chi connectivity index (χ0n) is 14.0. The number of hydrogen-bond donors (Lipinski definition) is 1. The Labute approximate surface area is 159 Å². The molecule has 1 heterocycles. The van der Waals surface area contributed by atoms with Crippen LogP contribution in [0.5, 0.6) is 0 Å². The van der Waals surface area contributed by atoms with Crippen molar-refractivity contribution >= 4 is 33.0 Å². The molecule has 0 fully saturated rings. The fourth-order valence-electron chi connectivity index (χ4n) is 2.45. The third kappa shape index (κ3) is 3.91. The standard InChI is InChI=1S/C16H14ClN5O4S/c1-2-21-10-18-19-16(21)11-4-3-5-12(8-11)20-27(25,26)13-6-7-14(17)15(9-13)22(23)24/h3-10,20H,2H2,1H3. The first-order valence-electron chi connectivity index (χ1n) is 7.77. The quantitative estimate of drug-likeness (QED) is 0.494. The van der Waals surface area contributed by atoms with Gasteiger partial charge in [0, 0.05) is 23.9 Å². The first kappa shape index (κ1) is 18.8. The predicted octanol–water partition coefficient (Wildman–Crippen LogP) is 3.33. The molecule has 0 bridgehead atoms. The molecule has 27 heavy (non-hydrogen) atoms.